The first-order valence-corrected chi connectivity index (χ1v) is 27.6. The molecule has 1 radical (unpaired) electrons. The van der Waals surface area contributed by atoms with Gasteiger partial charge in [-0.3, -0.25) is 9.59 Å². The van der Waals surface area contributed by atoms with Gasteiger partial charge in [0, 0.05) is 12.8 Å². The summed E-state index contributed by atoms with van der Waals surface area (Å²) in [5.41, 5.74) is 11.5. The third kappa shape index (κ3) is 15.5. The van der Waals surface area contributed by atoms with Gasteiger partial charge in [0.05, 0.1) is 0 Å². The second-order valence-electron chi connectivity index (χ2n) is 18.2. The average Bonchev–Trinajstić information content (AvgIpc) is 3.80. The first-order valence-electron chi connectivity index (χ1n) is 21.3. The molecule has 6 aromatic carbocycles. The van der Waals surface area contributed by atoms with Crippen LogP contribution in [0.25, 0.3) is 43.8 Å². The molecule has 0 atom stereocenters. The van der Waals surface area contributed by atoms with Crippen molar-refractivity contribution < 1.29 is 30.4 Å². The van der Waals surface area contributed by atoms with Crippen molar-refractivity contribution in [2.24, 2.45) is 11.8 Å². The van der Waals surface area contributed by atoms with Crippen LogP contribution in [-0.4, -0.2) is 19.4 Å². The minimum absolute atomic E-state index is 0.110. The van der Waals surface area contributed by atoms with Crippen molar-refractivity contribution >= 4 is 57.9 Å². The van der Waals surface area contributed by atoms with Crippen molar-refractivity contribution in [1.82, 2.24) is 10.5 Å². The molecule has 0 aliphatic heterocycles. The Morgan fingerprint density at radius 2 is 0.917 bits per heavy atom. The minimum atomic E-state index is -0.826. The van der Waals surface area contributed by atoms with Crippen LogP contribution < -0.4 is 10.5 Å². The van der Waals surface area contributed by atoms with Gasteiger partial charge in [0.2, 0.25) is 11.8 Å². The SMILES string of the molecule is CC(C)Cc1cc2c(-c3ccccc3C(C)(C)C)cccc2[cH-]1.CC(C)Cc1cc2c(-c3ccccc3C(C)(C)C)cccc2[cH-]1.CCC(=O)N[B]NC(=O)CC.[Cl][Zr+2][Cl]. The molecule has 0 aromatic heterocycles. The van der Waals surface area contributed by atoms with Crippen molar-refractivity contribution in [3.8, 4) is 22.3 Å². The monoisotopic (exact) mass is 921 g/mol. The first-order chi connectivity index (χ1) is 28.3. The first kappa shape index (κ1) is 50.9. The van der Waals surface area contributed by atoms with Crippen LogP contribution >= 0.6 is 17.0 Å². The number of hydrogen-bond donors (Lipinski definition) is 2. The molecule has 6 rings (SSSR count). The van der Waals surface area contributed by atoms with Gasteiger partial charge in [0.15, 0.2) is 0 Å². The second-order valence-corrected chi connectivity index (χ2v) is 21.9. The van der Waals surface area contributed by atoms with Crippen LogP contribution in [0.3, 0.4) is 0 Å². The zero-order chi connectivity index (χ0) is 44.6. The number of fused-ring (bicyclic) bond motifs is 2. The normalized spacial score (nSPS) is 11.1. The van der Waals surface area contributed by atoms with E-state index in [2.05, 4.69) is 189 Å². The molecule has 0 spiro atoms. The summed E-state index contributed by atoms with van der Waals surface area (Å²) in [5.74, 6) is 1.16. The summed E-state index contributed by atoms with van der Waals surface area (Å²) >= 11 is -0.826. The fraction of sp³-hybridized carbons (Fsp3) is 0.385. The molecule has 60 heavy (non-hydrogen) atoms. The molecule has 0 saturated carbocycles. The summed E-state index contributed by atoms with van der Waals surface area (Å²) < 4.78 is 0. The second kappa shape index (κ2) is 24.3. The van der Waals surface area contributed by atoms with E-state index in [1.165, 1.54) is 73.6 Å². The van der Waals surface area contributed by atoms with E-state index in [-0.39, 0.29) is 22.6 Å². The van der Waals surface area contributed by atoms with Crippen LogP contribution in [0.4, 0.5) is 0 Å². The van der Waals surface area contributed by atoms with Gasteiger partial charge in [-0.2, -0.15) is 12.1 Å². The van der Waals surface area contributed by atoms with Crippen LogP contribution in [-0.2, 0) is 54.1 Å². The van der Waals surface area contributed by atoms with Crippen LogP contribution in [0.2, 0.25) is 0 Å². The van der Waals surface area contributed by atoms with E-state index in [9.17, 15) is 9.59 Å². The number of amides is 2. The number of carbonyl (C=O) groups is 2. The van der Waals surface area contributed by atoms with Gasteiger partial charge < -0.3 is 10.5 Å². The van der Waals surface area contributed by atoms with E-state index in [0.717, 1.165) is 12.8 Å². The van der Waals surface area contributed by atoms with E-state index in [1.54, 1.807) is 13.8 Å². The predicted molar refractivity (Wildman–Crippen MR) is 259 cm³/mol. The van der Waals surface area contributed by atoms with Crippen molar-refractivity contribution in [1.29, 1.82) is 0 Å². The van der Waals surface area contributed by atoms with Crippen LogP contribution in [0, 0.1) is 11.8 Å². The van der Waals surface area contributed by atoms with Gasteiger partial charge in [0.25, 0.3) is 0 Å². The molecule has 2 N–H and O–H groups in total. The standard InChI is InChI=1S/2C23H27.C6H12BN2O2.2ClH.Zr/c2*1-16(2)13-17-14-18-9-8-11-19(21(18)15-17)20-10-6-7-12-22(20)23(3,4)5;1-3-5(10)8-7-9-6(11)4-2;;;/h2*6-12,14-16H,13H2,1-5H3;3-4H2,1-2H3,(H,8,10)(H,9,11);2*1H;/q2*-1;;;;+4/p-2. The maximum absolute atomic E-state index is 10.6. The molecular formula is C52H66BCl2N2O2Zr. The Kier molecular flexibility index (Phi) is 20.6. The molecule has 6 aromatic rings. The van der Waals surface area contributed by atoms with E-state index in [1.807, 2.05) is 0 Å². The fourth-order valence-corrected chi connectivity index (χ4v) is 7.39. The van der Waals surface area contributed by atoms with Gasteiger partial charge in [-0.25, -0.2) is 0 Å². The molecule has 0 fully saturated rings. The summed E-state index contributed by atoms with van der Waals surface area (Å²) in [4.78, 5) is 21.2. The molecule has 2 amide bonds. The number of carbonyl (C=O) groups excluding carboxylic acids is 2. The Labute approximate surface area is 381 Å². The fourth-order valence-electron chi connectivity index (χ4n) is 7.39. The predicted octanol–water partition coefficient (Wildman–Crippen LogP) is 14.4. The summed E-state index contributed by atoms with van der Waals surface area (Å²) in [6, 6.07) is 40.6. The Bertz CT molecular complexity index is 2100. The van der Waals surface area contributed by atoms with Crippen molar-refractivity contribution in [2.75, 3.05) is 0 Å². The van der Waals surface area contributed by atoms with E-state index >= 15 is 0 Å². The van der Waals surface area contributed by atoms with E-state index in [4.69, 9.17) is 17.0 Å². The van der Waals surface area contributed by atoms with Crippen molar-refractivity contribution in [3.63, 3.8) is 0 Å². The zero-order valence-corrected chi connectivity index (χ0v) is 42.0. The molecule has 0 aliphatic carbocycles. The summed E-state index contributed by atoms with van der Waals surface area (Å²) in [5, 5.41) is 10.3. The van der Waals surface area contributed by atoms with Gasteiger partial charge in [0.1, 0.15) is 0 Å². The molecule has 8 heteroatoms. The molecule has 4 nitrogen and oxygen atoms in total. The van der Waals surface area contributed by atoms with Crippen LogP contribution in [0.15, 0.2) is 109 Å². The summed E-state index contributed by atoms with van der Waals surface area (Å²) in [6.07, 6.45) is 3.13. The molecular weight excluding hydrogens is 858 g/mol. The summed E-state index contributed by atoms with van der Waals surface area (Å²) in [7, 11) is 11.1. The number of halogens is 2. The van der Waals surface area contributed by atoms with E-state index < -0.39 is 20.8 Å². The van der Waals surface area contributed by atoms with Crippen LogP contribution in [0.1, 0.15) is 118 Å². The molecule has 0 saturated heterocycles. The van der Waals surface area contributed by atoms with Crippen LogP contribution in [0.5, 0.6) is 0 Å². The Morgan fingerprint density at radius 3 is 1.23 bits per heavy atom. The molecule has 0 aliphatic rings. The van der Waals surface area contributed by atoms with E-state index in [0.29, 0.717) is 24.7 Å². The zero-order valence-electron chi connectivity index (χ0n) is 38.0. The summed E-state index contributed by atoms with van der Waals surface area (Å²) in [6.45, 7) is 26.4. The van der Waals surface area contributed by atoms with Crippen molar-refractivity contribution in [3.05, 3.63) is 131 Å². The van der Waals surface area contributed by atoms with Crippen molar-refractivity contribution in [2.45, 2.75) is 120 Å². The van der Waals surface area contributed by atoms with Gasteiger partial charge in [-0.1, -0.05) is 155 Å². The quantitative estimate of drug-likeness (QED) is 0.106. The van der Waals surface area contributed by atoms with Gasteiger partial charge in [-0.05, 0) is 57.8 Å². The molecule has 0 heterocycles. The Balaban J connectivity index is 0.000000247. The maximum atomic E-state index is 10.6. The Hall–Kier alpha value is -3.43. The number of hydrogen-bond acceptors (Lipinski definition) is 2. The molecule has 317 valence electrons. The molecule has 0 unspecified atom stereocenters. The van der Waals surface area contributed by atoms with Gasteiger partial charge >= 0.3 is 45.4 Å². The van der Waals surface area contributed by atoms with Gasteiger partial charge in [-0.15, -0.1) is 69.1 Å². The average molecular weight is 924 g/mol. The Morgan fingerprint density at radius 1 is 0.583 bits per heavy atom. The third-order valence-electron chi connectivity index (χ3n) is 10.1. The topological polar surface area (TPSA) is 58.2 Å². The number of nitrogens with one attached hydrogen (secondary N) is 2. The number of rotatable bonds is 10. The molecule has 0 bridgehead atoms. The number of benzene rings is 4. The third-order valence-corrected chi connectivity index (χ3v) is 10.1.